The molecule has 2 fully saturated rings. The first-order valence-electron chi connectivity index (χ1n) is 8.97. The largest absolute Gasteiger partial charge is 0.341 e. The molecule has 0 saturated carbocycles. The summed E-state index contributed by atoms with van der Waals surface area (Å²) in [5.74, 6) is 0.635. The van der Waals surface area contributed by atoms with Gasteiger partial charge in [0.2, 0.25) is 11.7 Å². The number of hydrogen-bond acceptors (Lipinski definition) is 5. The van der Waals surface area contributed by atoms with Gasteiger partial charge in [0.05, 0.1) is 0 Å². The van der Waals surface area contributed by atoms with E-state index in [1.54, 1.807) is 0 Å². The third-order valence-corrected chi connectivity index (χ3v) is 5.55. The van der Waals surface area contributed by atoms with Crippen molar-refractivity contribution in [1.29, 1.82) is 0 Å². The fraction of sp³-hybridized carbons (Fsp3) is 0.556. The molecule has 1 aromatic carbocycles. The van der Waals surface area contributed by atoms with Gasteiger partial charge in [-0.3, -0.25) is 4.79 Å². The van der Waals surface area contributed by atoms with Crippen LogP contribution in [0.1, 0.15) is 24.8 Å². The predicted molar refractivity (Wildman–Crippen MR) is 93.7 cm³/mol. The minimum Gasteiger partial charge on any atom is -0.341 e. The molecule has 3 heterocycles. The van der Waals surface area contributed by atoms with Crippen molar-refractivity contribution in [2.24, 2.45) is 5.41 Å². The van der Waals surface area contributed by atoms with Crippen LogP contribution < -0.4 is 5.32 Å². The van der Waals surface area contributed by atoms with E-state index in [-0.39, 0.29) is 12.5 Å². The van der Waals surface area contributed by atoms with Gasteiger partial charge in [-0.1, -0.05) is 29.8 Å². The third-order valence-electron chi connectivity index (χ3n) is 5.55. The Morgan fingerprint density at radius 1 is 1.20 bits per heavy atom. The van der Waals surface area contributed by atoms with Gasteiger partial charge in [0.15, 0.2) is 0 Å². The molecule has 0 aliphatic carbocycles. The summed E-state index contributed by atoms with van der Waals surface area (Å²) < 4.78 is 0. The van der Waals surface area contributed by atoms with Crippen molar-refractivity contribution in [1.82, 2.24) is 30.4 Å². The molecule has 2 saturated heterocycles. The van der Waals surface area contributed by atoms with E-state index in [2.05, 4.69) is 20.7 Å². The predicted octanol–water partition coefficient (Wildman–Crippen LogP) is 1.25. The van der Waals surface area contributed by atoms with Crippen LogP contribution in [-0.4, -0.2) is 57.2 Å². The average molecular weight is 340 g/mol. The molecule has 2 aliphatic rings. The molecule has 1 spiro atoms. The number of aryl methyl sites for hydroxylation is 1. The quantitative estimate of drug-likeness (QED) is 0.910. The molecule has 1 aromatic heterocycles. The zero-order chi connectivity index (χ0) is 17.3. The molecule has 2 aromatic rings. The van der Waals surface area contributed by atoms with Crippen LogP contribution in [0.15, 0.2) is 24.3 Å². The summed E-state index contributed by atoms with van der Waals surface area (Å²) >= 11 is 0. The van der Waals surface area contributed by atoms with E-state index in [0.29, 0.717) is 11.2 Å². The van der Waals surface area contributed by atoms with Gasteiger partial charge in [-0.15, -0.1) is 10.2 Å². The lowest BCUT2D eigenvalue weighted by molar-refractivity contribution is -0.134. The first-order chi connectivity index (χ1) is 12.1. The first-order valence-corrected chi connectivity index (χ1v) is 8.97. The van der Waals surface area contributed by atoms with Gasteiger partial charge in [0.25, 0.3) is 0 Å². The number of amides is 1. The molecule has 132 valence electrons. The average Bonchev–Trinajstić information content (AvgIpc) is 3.26. The summed E-state index contributed by atoms with van der Waals surface area (Å²) in [6, 6.07) is 7.97. The van der Waals surface area contributed by atoms with Crippen molar-refractivity contribution in [3.05, 3.63) is 29.8 Å². The lowest BCUT2D eigenvalue weighted by Gasteiger charge is -2.38. The summed E-state index contributed by atoms with van der Waals surface area (Å²) in [5, 5.41) is 15.9. The van der Waals surface area contributed by atoms with E-state index in [9.17, 15) is 4.79 Å². The van der Waals surface area contributed by atoms with E-state index >= 15 is 0 Å². The van der Waals surface area contributed by atoms with Gasteiger partial charge in [-0.2, -0.15) is 4.80 Å². The molecule has 0 radical (unpaired) electrons. The maximum atomic E-state index is 12.5. The van der Waals surface area contributed by atoms with Crippen LogP contribution in [0.3, 0.4) is 0 Å². The van der Waals surface area contributed by atoms with E-state index < -0.39 is 0 Å². The normalized spacial score (nSPS) is 19.5. The van der Waals surface area contributed by atoms with E-state index in [1.807, 2.05) is 36.1 Å². The van der Waals surface area contributed by atoms with Gasteiger partial charge in [0.1, 0.15) is 6.54 Å². The Balaban J connectivity index is 1.36. The number of aromatic nitrogens is 4. The first kappa shape index (κ1) is 16.2. The molecule has 2 aliphatic heterocycles. The zero-order valence-electron chi connectivity index (χ0n) is 14.6. The van der Waals surface area contributed by atoms with Crippen LogP contribution in [0.2, 0.25) is 0 Å². The Hall–Kier alpha value is -2.28. The number of piperidine rings is 1. The second-order valence-corrected chi connectivity index (χ2v) is 7.32. The summed E-state index contributed by atoms with van der Waals surface area (Å²) in [7, 11) is 0. The molecule has 1 amide bonds. The van der Waals surface area contributed by atoms with Crippen molar-refractivity contribution in [2.45, 2.75) is 32.7 Å². The minimum absolute atomic E-state index is 0.0775. The maximum absolute atomic E-state index is 12.5. The lowest BCUT2D eigenvalue weighted by atomic mass is 9.78. The number of tetrazole rings is 1. The van der Waals surface area contributed by atoms with Gasteiger partial charge in [-0.05, 0) is 43.4 Å². The van der Waals surface area contributed by atoms with E-state index in [4.69, 9.17) is 0 Å². The standard InChI is InChI=1S/C18H24N6O/c1-14-2-4-15(5-3-14)17-20-22-24(21-17)12-16(25)23-10-7-18(8-11-23)6-9-19-13-18/h2-5,19H,6-13H2,1H3. The Bertz CT molecular complexity index is 737. The third kappa shape index (κ3) is 3.42. The molecule has 0 atom stereocenters. The molecule has 0 unspecified atom stereocenters. The van der Waals surface area contributed by atoms with Crippen LogP contribution in [0.25, 0.3) is 11.4 Å². The maximum Gasteiger partial charge on any atom is 0.246 e. The molecule has 4 rings (SSSR count). The number of rotatable bonds is 3. The molecular formula is C18H24N6O. The van der Waals surface area contributed by atoms with Crippen LogP contribution in [0, 0.1) is 12.3 Å². The molecule has 7 heteroatoms. The van der Waals surface area contributed by atoms with Crippen LogP contribution >= 0.6 is 0 Å². The monoisotopic (exact) mass is 340 g/mol. The molecular weight excluding hydrogens is 316 g/mol. The number of carbonyl (C=O) groups excluding carboxylic acids is 1. The molecule has 1 N–H and O–H groups in total. The van der Waals surface area contributed by atoms with Crippen molar-refractivity contribution < 1.29 is 4.79 Å². The highest BCUT2D eigenvalue weighted by Gasteiger charge is 2.38. The Labute approximate surface area is 147 Å². The molecule has 25 heavy (non-hydrogen) atoms. The Kier molecular flexibility index (Phi) is 4.25. The number of nitrogens with zero attached hydrogens (tertiary/aromatic N) is 5. The fourth-order valence-corrected chi connectivity index (χ4v) is 3.80. The lowest BCUT2D eigenvalue weighted by Crippen LogP contribution is -2.45. The van der Waals surface area contributed by atoms with Crippen LogP contribution in [0.5, 0.6) is 0 Å². The van der Waals surface area contributed by atoms with E-state index in [0.717, 1.165) is 44.6 Å². The SMILES string of the molecule is Cc1ccc(-c2nnn(CC(=O)N3CCC4(CCNC4)CC3)n2)cc1. The summed E-state index contributed by atoms with van der Waals surface area (Å²) in [5.41, 5.74) is 2.52. The van der Waals surface area contributed by atoms with Crippen molar-refractivity contribution in [2.75, 3.05) is 26.2 Å². The van der Waals surface area contributed by atoms with Gasteiger partial charge in [-0.25, -0.2) is 0 Å². The number of hydrogen-bond donors (Lipinski definition) is 1. The Morgan fingerprint density at radius 3 is 2.64 bits per heavy atom. The van der Waals surface area contributed by atoms with Gasteiger partial charge < -0.3 is 10.2 Å². The number of nitrogens with one attached hydrogen (secondary N) is 1. The summed E-state index contributed by atoms with van der Waals surface area (Å²) in [6.45, 7) is 6.07. The topological polar surface area (TPSA) is 75.9 Å². The highest BCUT2D eigenvalue weighted by Crippen LogP contribution is 2.36. The minimum atomic E-state index is 0.0775. The van der Waals surface area contributed by atoms with Gasteiger partial charge >= 0.3 is 0 Å². The van der Waals surface area contributed by atoms with Gasteiger partial charge in [0, 0.05) is 25.2 Å². The number of benzene rings is 1. The number of carbonyl (C=O) groups is 1. The van der Waals surface area contributed by atoms with Crippen molar-refractivity contribution >= 4 is 5.91 Å². The fourth-order valence-electron chi connectivity index (χ4n) is 3.80. The number of likely N-dealkylation sites (tertiary alicyclic amines) is 1. The second kappa shape index (κ2) is 6.55. The summed E-state index contributed by atoms with van der Waals surface area (Å²) in [4.78, 5) is 15.9. The molecule has 7 nitrogen and oxygen atoms in total. The van der Waals surface area contributed by atoms with Crippen molar-refractivity contribution in [3.8, 4) is 11.4 Å². The second-order valence-electron chi connectivity index (χ2n) is 7.32. The zero-order valence-corrected chi connectivity index (χ0v) is 14.6. The molecule has 0 bridgehead atoms. The van der Waals surface area contributed by atoms with Crippen molar-refractivity contribution in [3.63, 3.8) is 0 Å². The van der Waals surface area contributed by atoms with Crippen LogP contribution in [-0.2, 0) is 11.3 Å². The highest BCUT2D eigenvalue weighted by atomic mass is 16.2. The van der Waals surface area contributed by atoms with E-state index in [1.165, 1.54) is 16.8 Å². The Morgan fingerprint density at radius 2 is 1.96 bits per heavy atom. The smallest absolute Gasteiger partial charge is 0.246 e. The van der Waals surface area contributed by atoms with Crippen LogP contribution in [0.4, 0.5) is 0 Å². The highest BCUT2D eigenvalue weighted by molar-refractivity contribution is 5.76. The summed E-state index contributed by atoms with van der Waals surface area (Å²) in [6.07, 6.45) is 3.41.